The molecular formula is C12H21N3. The fourth-order valence-electron chi connectivity index (χ4n) is 1.92. The molecule has 3 nitrogen and oxygen atoms in total. The van der Waals surface area contributed by atoms with Crippen molar-refractivity contribution in [2.24, 2.45) is 5.73 Å². The van der Waals surface area contributed by atoms with Gasteiger partial charge in [-0.05, 0) is 30.5 Å². The number of nitrogens with zero attached hydrogens (tertiary/aromatic N) is 1. The molecule has 3 N–H and O–H groups in total. The monoisotopic (exact) mass is 207 g/mol. The molecule has 0 aliphatic heterocycles. The minimum Gasteiger partial charge on any atom is -0.329 e. The molecule has 0 saturated carbocycles. The van der Waals surface area contributed by atoms with E-state index < -0.39 is 0 Å². The van der Waals surface area contributed by atoms with E-state index in [2.05, 4.69) is 37.5 Å². The lowest BCUT2D eigenvalue weighted by atomic mass is 9.96. The SMILES string of the molecule is Cc1cccc(C)c1C(CN)NN(C)C. The lowest BCUT2D eigenvalue weighted by Gasteiger charge is -2.25. The molecule has 1 rings (SSSR count). The van der Waals surface area contributed by atoms with Gasteiger partial charge in [0, 0.05) is 20.6 Å². The summed E-state index contributed by atoms with van der Waals surface area (Å²) in [7, 11) is 3.96. The lowest BCUT2D eigenvalue weighted by Crippen LogP contribution is -2.38. The van der Waals surface area contributed by atoms with Crippen LogP contribution < -0.4 is 11.2 Å². The largest absolute Gasteiger partial charge is 0.329 e. The van der Waals surface area contributed by atoms with Crippen molar-refractivity contribution in [1.29, 1.82) is 0 Å². The minimum absolute atomic E-state index is 0.196. The van der Waals surface area contributed by atoms with Gasteiger partial charge >= 0.3 is 0 Å². The molecule has 0 aromatic heterocycles. The van der Waals surface area contributed by atoms with Crippen molar-refractivity contribution in [1.82, 2.24) is 10.4 Å². The molecule has 0 amide bonds. The summed E-state index contributed by atoms with van der Waals surface area (Å²) in [5.41, 5.74) is 13.0. The number of hydrogen-bond donors (Lipinski definition) is 2. The molecule has 0 fully saturated rings. The lowest BCUT2D eigenvalue weighted by molar-refractivity contribution is 0.245. The van der Waals surface area contributed by atoms with Crippen LogP contribution in [0.1, 0.15) is 22.7 Å². The zero-order valence-corrected chi connectivity index (χ0v) is 10.0. The van der Waals surface area contributed by atoms with Crippen LogP contribution >= 0.6 is 0 Å². The first-order valence-electron chi connectivity index (χ1n) is 5.26. The summed E-state index contributed by atoms with van der Waals surface area (Å²) in [4.78, 5) is 0. The average Bonchev–Trinajstić information content (AvgIpc) is 2.15. The molecule has 3 heteroatoms. The third kappa shape index (κ3) is 3.02. The molecular weight excluding hydrogens is 186 g/mol. The Bertz CT molecular complexity index is 300. The molecule has 1 aromatic carbocycles. The number of nitrogens with one attached hydrogen (secondary N) is 1. The van der Waals surface area contributed by atoms with E-state index in [4.69, 9.17) is 5.73 Å². The maximum atomic E-state index is 5.80. The molecule has 0 heterocycles. The van der Waals surface area contributed by atoms with Gasteiger partial charge in [0.25, 0.3) is 0 Å². The van der Waals surface area contributed by atoms with Crippen molar-refractivity contribution in [2.45, 2.75) is 19.9 Å². The molecule has 15 heavy (non-hydrogen) atoms. The van der Waals surface area contributed by atoms with Crippen molar-refractivity contribution in [3.8, 4) is 0 Å². The molecule has 0 saturated heterocycles. The van der Waals surface area contributed by atoms with Gasteiger partial charge in [0.15, 0.2) is 0 Å². The van der Waals surface area contributed by atoms with E-state index in [1.54, 1.807) is 0 Å². The predicted molar refractivity (Wildman–Crippen MR) is 64.5 cm³/mol. The summed E-state index contributed by atoms with van der Waals surface area (Å²) >= 11 is 0. The number of hydrazine groups is 1. The second-order valence-corrected chi connectivity index (χ2v) is 4.12. The third-order valence-electron chi connectivity index (χ3n) is 2.54. The summed E-state index contributed by atoms with van der Waals surface area (Å²) in [5.74, 6) is 0. The van der Waals surface area contributed by atoms with Gasteiger partial charge in [-0.3, -0.25) is 0 Å². The predicted octanol–water partition coefficient (Wildman–Crippen LogP) is 1.37. The fourth-order valence-corrected chi connectivity index (χ4v) is 1.92. The van der Waals surface area contributed by atoms with Gasteiger partial charge in [-0.1, -0.05) is 18.2 Å². The standard InChI is InChI=1S/C12H21N3/c1-9-6-5-7-10(2)12(9)11(8-13)14-15(3)4/h5-7,11,14H,8,13H2,1-4H3. The fraction of sp³-hybridized carbons (Fsp3) is 0.500. The van der Waals surface area contributed by atoms with E-state index in [-0.39, 0.29) is 6.04 Å². The van der Waals surface area contributed by atoms with Crippen LogP contribution in [-0.2, 0) is 0 Å². The van der Waals surface area contributed by atoms with Crippen LogP contribution in [0.3, 0.4) is 0 Å². The highest BCUT2D eigenvalue weighted by Gasteiger charge is 2.14. The van der Waals surface area contributed by atoms with E-state index in [0.717, 1.165) is 0 Å². The van der Waals surface area contributed by atoms with Gasteiger partial charge in [-0.25, -0.2) is 10.4 Å². The highest BCUT2D eigenvalue weighted by Crippen LogP contribution is 2.20. The molecule has 0 spiro atoms. The van der Waals surface area contributed by atoms with Gasteiger partial charge in [-0.15, -0.1) is 0 Å². The molecule has 0 aliphatic rings. The van der Waals surface area contributed by atoms with E-state index in [0.29, 0.717) is 6.54 Å². The van der Waals surface area contributed by atoms with E-state index >= 15 is 0 Å². The Morgan fingerprint density at radius 3 is 2.20 bits per heavy atom. The van der Waals surface area contributed by atoms with E-state index in [9.17, 15) is 0 Å². The second-order valence-electron chi connectivity index (χ2n) is 4.12. The Hall–Kier alpha value is -0.900. The summed E-state index contributed by atoms with van der Waals surface area (Å²) < 4.78 is 0. The average molecular weight is 207 g/mol. The quantitative estimate of drug-likeness (QED) is 0.733. The Morgan fingerprint density at radius 1 is 1.27 bits per heavy atom. The normalized spacial score (nSPS) is 13.2. The first-order valence-corrected chi connectivity index (χ1v) is 5.26. The molecule has 84 valence electrons. The van der Waals surface area contributed by atoms with Crippen molar-refractivity contribution in [2.75, 3.05) is 20.6 Å². The number of rotatable bonds is 4. The first kappa shape index (κ1) is 12.2. The van der Waals surface area contributed by atoms with Crippen molar-refractivity contribution in [3.63, 3.8) is 0 Å². The topological polar surface area (TPSA) is 41.3 Å². The zero-order valence-electron chi connectivity index (χ0n) is 10.0. The zero-order chi connectivity index (χ0) is 11.4. The molecule has 1 aromatic rings. The van der Waals surface area contributed by atoms with Crippen LogP contribution in [0.4, 0.5) is 0 Å². The van der Waals surface area contributed by atoms with Crippen LogP contribution in [0.2, 0.25) is 0 Å². The highest BCUT2D eigenvalue weighted by molar-refractivity contribution is 5.36. The van der Waals surface area contributed by atoms with E-state index in [1.165, 1.54) is 16.7 Å². The van der Waals surface area contributed by atoms with Crippen molar-refractivity contribution >= 4 is 0 Å². The van der Waals surface area contributed by atoms with Gasteiger partial charge in [0.2, 0.25) is 0 Å². The van der Waals surface area contributed by atoms with Crippen LogP contribution in [0.25, 0.3) is 0 Å². The van der Waals surface area contributed by atoms with E-state index in [1.807, 2.05) is 19.1 Å². The van der Waals surface area contributed by atoms with Crippen LogP contribution in [0.15, 0.2) is 18.2 Å². The maximum Gasteiger partial charge on any atom is 0.0592 e. The summed E-state index contributed by atoms with van der Waals surface area (Å²) in [6.45, 7) is 4.86. The smallest absolute Gasteiger partial charge is 0.0592 e. The van der Waals surface area contributed by atoms with Crippen LogP contribution in [-0.4, -0.2) is 25.6 Å². The van der Waals surface area contributed by atoms with Crippen molar-refractivity contribution in [3.05, 3.63) is 34.9 Å². The Kier molecular flexibility index (Phi) is 4.27. The van der Waals surface area contributed by atoms with Crippen LogP contribution in [0, 0.1) is 13.8 Å². The molecule has 0 bridgehead atoms. The Morgan fingerprint density at radius 2 is 1.80 bits per heavy atom. The summed E-state index contributed by atoms with van der Waals surface area (Å²) in [6.07, 6.45) is 0. The van der Waals surface area contributed by atoms with Gasteiger partial charge in [0.05, 0.1) is 6.04 Å². The number of aryl methyl sites for hydroxylation is 2. The second kappa shape index (κ2) is 5.26. The van der Waals surface area contributed by atoms with Gasteiger partial charge < -0.3 is 5.73 Å². The summed E-state index contributed by atoms with van der Waals surface area (Å²) in [6, 6.07) is 6.53. The number of benzene rings is 1. The third-order valence-corrected chi connectivity index (χ3v) is 2.54. The first-order chi connectivity index (χ1) is 7.06. The van der Waals surface area contributed by atoms with Gasteiger partial charge in [-0.2, -0.15) is 0 Å². The van der Waals surface area contributed by atoms with Gasteiger partial charge in [0.1, 0.15) is 0 Å². The number of hydrogen-bond acceptors (Lipinski definition) is 3. The Balaban J connectivity index is 3.00. The number of nitrogens with two attached hydrogens (primary N) is 1. The molecule has 1 unspecified atom stereocenters. The molecule has 0 aliphatic carbocycles. The highest BCUT2D eigenvalue weighted by atomic mass is 15.5. The van der Waals surface area contributed by atoms with Crippen molar-refractivity contribution < 1.29 is 0 Å². The maximum absolute atomic E-state index is 5.80. The minimum atomic E-state index is 0.196. The Labute approximate surface area is 92.2 Å². The van der Waals surface area contributed by atoms with Crippen LogP contribution in [0.5, 0.6) is 0 Å². The molecule has 1 atom stereocenters. The molecule has 0 radical (unpaired) electrons. The summed E-state index contributed by atoms with van der Waals surface area (Å²) in [5, 5.41) is 1.95.